The number of imide groups is 1. The monoisotopic (exact) mass is 642 g/mol. The van der Waals surface area contributed by atoms with E-state index in [9.17, 15) is 19.5 Å². The van der Waals surface area contributed by atoms with Gasteiger partial charge in [0.1, 0.15) is 24.1 Å². The number of hydrogen-bond acceptors (Lipinski definition) is 10. The maximum absolute atomic E-state index is 13.4. The number of allylic oxidation sites excluding steroid dienone is 1. The van der Waals surface area contributed by atoms with E-state index >= 15 is 0 Å². The van der Waals surface area contributed by atoms with Gasteiger partial charge >= 0.3 is 0 Å². The van der Waals surface area contributed by atoms with Crippen LogP contribution >= 0.6 is 0 Å². The number of fused-ring (bicyclic) bond motifs is 2. The molecule has 4 aromatic rings. The highest BCUT2D eigenvalue weighted by Gasteiger charge is 2.41. The number of ether oxygens (including phenoxy) is 3. The first-order chi connectivity index (χ1) is 22.7. The number of likely N-dealkylation sites (tertiary alicyclic amines) is 1. The number of carbonyl (C=O) groups excluding carboxylic acids is 2. The summed E-state index contributed by atoms with van der Waals surface area (Å²) >= 11 is 0. The Labute approximate surface area is 271 Å². The lowest BCUT2D eigenvalue weighted by molar-refractivity contribution is 0.0516. The molecule has 2 aliphatic rings. The molecule has 1 saturated heterocycles. The number of rotatable bonds is 12. The fourth-order valence-corrected chi connectivity index (χ4v) is 6.15. The van der Waals surface area contributed by atoms with Crippen LogP contribution in [0.2, 0.25) is 0 Å². The highest BCUT2D eigenvalue weighted by molar-refractivity contribution is 6.23. The second-order valence-corrected chi connectivity index (χ2v) is 11.8. The van der Waals surface area contributed by atoms with Crippen molar-refractivity contribution >= 4 is 28.5 Å². The van der Waals surface area contributed by atoms with Gasteiger partial charge in [-0.25, -0.2) is 4.98 Å². The molecule has 1 fully saturated rings. The lowest BCUT2D eigenvalue weighted by Crippen LogP contribution is -2.46. The van der Waals surface area contributed by atoms with Crippen LogP contribution in [-0.2, 0) is 6.42 Å². The average Bonchev–Trinajstić information content (AvgIpc) is 3.59. The number of pyridine rings is 1. The summed E-state index contributed by atoms with van der Waals surface area (Å²) in [7, 11) is 5.08. The second kappa shape index (κ2) is 13.3. The van der Waals surface area contributed by atoms with Gasteiger partial charge in [0.15, 0.2) is 11.5 Å². The molecule has 13 nitrogen and oxygen atoms in total. The molecule has 246 valence electrons. The first kappa shape index (κ1) is 31.8. The number of nitrogens with zero attached hydrogens (tertiary/aromatic N) is 3. The molecular weight excluding hydrogens is 604 g/mol. The summed E-state index contributed by atoms with van der Waals surface area (Å²) in [6, 6.07) is 8.42. The Bertz CT molecular complexity index is 1810. The van der Waals surface area contributed by atoms with Crippen molar-refractivity contribution in [3.63, 3.8) is 0 Å². The molecule has 2 aromatic carbocycles. The Morgan fingerprint density at radius 1 is 1.09 bits per heavy atom. The van der Waals surface area contributed by atoms with Crippen LogP contribution in [0.25, 0.3) is 22.4 Å². The number of aliphatic hydroxyl groups is 1. The van der Waals surface area contributed by atoms with Crippen molar-refractivity contribution in [2.45, 2.75) is 31.4 Å². The normalized spacial score (nSPS) is 16.0. The van der Waals surface area contributed by atoms with E-state index in [2.05, 4.69) is 31.7 Å². The lowest BCUT2D eigenvalue weighted by Gasteiger charge is -2.33. The van der Waals surface area contributed by atoms with Crippen molar-refractivity contribution in [2.24, 2.45) is 0 Å². The maximum atomic E-state index is 13.4. The predicted molar refractivity (Wildman–Crippen MR) is 177 cm³/mol. The van der Waals surface area contributed by atoms with E-state index in [0.29, 0.717) is 51.5 Å². The molecule has 0 radical (unpaired) electrons. The molecule has 6 rings (SSSR count). The van der Waals surface area contributed by atoms with E-state index in [4.69, 9.17) is 14.2 Å². The molecule has 0 saturated carbocycles. The zero-order valence-corrected chi connectivity index (χ0v) is 26.6. The molecule has 0 aliphatic carbocycles. The number of aromatic nitrogens is 3. The maximum Gasteiger partial charge on any atom is 0.261 e. The minimum Gasteiger partial charge on any atom is -0.493 e. The number of aromatic amines is 2. The molecule has 0 spiro atoms. The molecular formula is C34H38N6O7. The minimum absolute atomic E-state index is 0.0416. The highest BCUT2D eigenvalue weighted by atomic mass is 16.5. The summed E-state index contributed by atoms with van der Waals surface area (Å²) in [6.07, 6.45) is 4.38. The zero-order valence-electron chi connectivity index (χ0n) is 26.6. The Balaban J connectivity index is 1.18. The van der Waals surface area contributed by atoms with Gasteiger partial charge in [-0.3, -0.25) is 19.3 Å². The third-order valence-electron chi connectivity index (χ3n) is 8.62. The largest absolute Gasteiger partial charge is 0.493 e. The third kappa shape index (κ3) is 6.19. The van der Waals surface area contributed by atoms with E-state index in [-0.39, 0.29) is 42.4 Å². The first-order valence-electron chi connectivity index (χ1n) is 15.4. The smallest absolute Gasteiger partial charge is 0.261 e. The number of anilines is 1. The predicted octanol–water partition coefficient (Wildman–Crippen LogP) is 3.21. The Kier molecular flexibility index (Phi) is 9.01. The molecule has 47 heavy (non-hydrogen) atoms. The Hall–Kier alpha value is -5.14. The van der Waals surface area contributed by atoms with Crippen molar-refractivity contribution in [1.29, 1.82) is 0 Å². The summed E-state index contributed by atoms with van der Waals surface area (Å²) in [4.78, 5) is 53.8. The number of benzene rings is 2. The van der Waals surface area contributed by atoms with Crippen LogP contribution in [0.3, 0.4) is 0 Å². The van der Waals surface area contributed by atoms with Gasteiger partial charge in [-0.05, 0) is 75.3 Å². The molecule has 1 atom stereocenters. The van der Waals surface area contributed by atoms with Gasteiger partial charge in [-0.1, -0.05) is 6.08 Å². The molecule has 2 aromatic heterocycles. The highest BCUT2D eigenvalue weighted by Crippen LogP contribution is 2.39. The minimum atomic E-state index is -0.979. The number of hydrogen-bond donors (Lipinski definition) is 4. The second-order valence-electron chi connectivity index (χ2n) is 11.8. The van der Waals surface area contributed by atoms with Crippen molar-refractivity contribution in [3.8, 4) is 28.6 Å². The summed E-state index contributed by atoms with van der Waals surface area (Å²) in [5.74, 6) is 0.917. The van der Waals surface area contributed by atoms with Crippen LogP contribution in [-0.4, -0.2) is 101 Å². The van der Waals surface area contributed by atoms with Crippen molar-refractivity contribution in [2.75, 3.05) is 52.8 Å². The number of carbonyl (C=O) groups is 2. The van der Waals surface area contributed by atoms with Gasteiger partial charge in [0.2, 0.25) is 5.75 Å². The SMILES string of the molecule is C=CCc1cc(OC)c(OCC(O)CNc2cc[nH]c(=O)c2-c2nc3cc4c(cc3[nH]2)C(=O)N(C2CCN(C)CC2)C4=O)c(OC)c1. The summed E-state index contributed by atoms with van der Waals surface area (Å²) in [5.41, 5.74) is 2.77. The summed E-state index contributed by atoms with van der Waals surface area (Å²) in [5, 5.41) is 13.9. The number of nitrogens with one attached hydrogen (secondary N) is 3. The van der Waals surface area contributed by atoms with Crippen LogP contribution in [0.5, 0.6) is 17.2 Å². The van der Waals surface area contributed by atoms with Crippen molar-refractivity contribution in [1.82, 2.24) is 24.8 Å². The van der Waals surface area contributed by atoms with Crippen LogP contribution in [0.1, 0.15) is 39.1 Å². The lowest BCUT2D eigenvalue weighted by atomic mass is 10.0. The van der Waals surface area contributed by atoms with E-state index in [0.717, 1.165) is 31.5 Å². The van der Waals surface area contributed by atoms with Gasteiger partial charge < -0.3 is 39.5 Å². The molecule has 2 aliphatic heterocycles. The van der Waals surface area contributed by atoms with Gasteiger partial charge in [0.05, 0.1) is 42.1 Å². The van der Waals surface area contributed by atoms with E-state index in [1.165, 1.54) is 25.3 Å². The first-order valence-corrected chi connectivity index (χ1v) is 15.4. The van der Waals surface area contributed by atoms with Crippen LogP contribution < -0.4 is 25.1 Å². The number of amides is 2. The average molecular weight is 643 g/mol. The van der Waals surface area contributed by atoms with Gasteiger partial charge in [0.25, 0.3) is 17.4 Å². The molecule has 0 bridgehead atoms. The van der Waals surface area contributed by atoms with E-state index in [1.807, 2.05) is 19.2 Å². The van der Waals surface area contributed by atoms with Gasteiger partial charge in [0, 0.05) is 18.8 Å². The van der Waals surface area contributed by atoms with Crippen LogP contribution in [0.4, 0.5) is 5.69 Å². The molecule has 2 amide bonds. The van der Waals surface area contributed by atoms with Crippen LogP contribution in [0.15, 0.2) is 54.0 Å². The molecule has 13 heteroatoms. The quantitative estimate of drug-likeness (QED) is 0.133. The summed E-state index contributed by atoms with van der Waals surface area (Å²) in [6.45, 7) is 5.36. The fourth-order valence-electron chi connectivity index (χ4n) is 6.15. The Morgan fingerprint density at radius 3 is 2.43 bits per heavy atom. The standard InChI is InChI=1S/C34H38N6O7/c1-5-6-19-13-27(45-3)30(28(14-19)46-4)47-18-21(41)17-36-24-7-10-35-32(42)29(24)31-37-25-15-22-23(16-26(25)38-31)34(44)40(33(22)43)20-8-11-39(2)12-9-20/h5,7,10,13-16,20-21,41H,1,6,8-9,11-12,17-18H2,2-4H3,(H,37,38)(H2,35,36,42). The number of methoxy groups -OCH3 is 2. The van der Waals surface area contributed by atoms with Crippen molar-refractivity contribution < 1.29 is 28.9 Å². The van der Waals surface area contributed by atoms with E-state index < -0.39 is 11.7 Å². The van der Waals surface area contributed by atoms with Gasteiger partial charge in [-0.2, -0.15) is 0 Å². The van der Waals surface area contributed by atoms with Gasteiger partial charge in [-0.15, -0.1) is 6.58 Å². The third-order valence-corrected chi connectivity index (χ3v) is 8.62. The molecule has 4 heterocycles. The summed E-state index contributed by atoms with van der Waals surface area (Å²) < 4.78 is 16.9. The van der Waals surface area contributed by atoms with Crippen LogP contribution in [0, 0.1) is 0 Å². The van der Waals surface area contributed by atoms with E-state index in [1.54, 1.807) is 24.3 Å². The molecule has 1 unspecified atom stereocenters. The number of H-pyrrole nitrogens is 2. The fraction of sp³-hybridized carbons (Fsp3) is 0.353. The molecule has 4 N–H and O–H groups in total. The Morgan fingerprint density at radius 2 is 1.77 bits per heavy atom. The number of piperidine rings is 1. The zero-order chi connectivity index (χ0) is 33.2. The number of aliphatic hydroxyl groups excluding tert-OH is 1. The topological polar surface area (TPSA) is 162 Å². The van der Waals surface area contributed by atoms with Crippen molar-refractivity contribution in [3.05, 3.63) is 76.2 Å². The number of imidazole rings is 1.